The van der Waals surface area contributed by atoms with Crippen LogP contribution in [-0.4, -0.2) is 57.6 Å². The number of allylic oxidation sites excluding steroid dienone is 6. The third-order valence-corrected chi connectivity index (χ3v) is 8.42. The second-order valence-corrected chi connectivity index (χ2v) is 10.7. The van der Waals surface area contributed by atoms with Gasteiger partial charge in [-0.15, -0.1) is 0 Å². The zero-order valence-electron chi connectivity index (χ0n) is 20.6. The highest BCUT2D eigenvalue weighted by molar-refractivity contribution is 9.12. The number of carboxylic acid groups (broad SMARTS) is 1. The Bertz CT molecular complexity index is 1370. The first-order chi connectivity index (χ1) is 18.1. The number of fused-ring (bicyclic) bond motifs is 3. The molecule has 4 unspecified atom stereocenters. The second-order valence-electron chi connectivity index (χ2n) is 9.85. The number of ether oxygens (including phenoxy) is 1. The average molecular weight is 584 g/mol. The molecule has 4 atom stereocenters. The first kappa shape index (κ1) is 26.1. The minimum absolute atomic E-state index is 0.0132. The topological polar surface area (TPSA) is 138 Å². The zero-order chi connectivity index (χ0) is 27.3. The highest BCUT2D eigenvalue weighted by Crippen LogP contribution is 2.56. The van der Waals surface area contributed by atoms with E-state index in [4.69, 9.17) is 9.84 Å². The number of phenolic OH excluding ortho intramolecular Hbond substituents is 1. The number of likely N-dealkylation sites (tertiary alicyclic amines) is 1. The van der Waals surface area contributed by atoms with Crippen LogP contribution in [0, 0.1) is 17.8 Å². The first-order valence-electron chi connectivity index (χ1n) is 12.6. The Kier molecular flexibility index (Phi) is 6.85. The van der Waals surface area contributed by atoms with E-state index in [0.717, 1.165) is 10.5 Å². The SMILES string of the molecule is CCOc1cccc(C2C3=CCC4C(=O)N(CCCC(=O)O)C(=O)C4C3CC3=C2C(=O)C=C(Br)C3=O)c1O. The van der Waals surface area contributed by atoms with Gasteiger partial charge in [-0.25, -0.2) is 0 Å². The van der Waals surface area contributed by atoms with Crippen molar-refractivity contribution in [2.45, 2.75) is 38.5 Å². The minimum atomic E-state index is -1.01. The molecule has 1 aliphatic heterocycles. The Labute approximate surface area is 227 Å². The smallest absolute Gasteiger partial charge is 0.303 e. The van der Waals surface area contributed by atoms with Crippen molar-refractivity contribution in [2.75, 3.05) is 13.2 Å². The van der Waals surface area contributed by atoms with E-state index in [0.29, 0.717) is 12.2 Å². The van der Waals surface area contributed by atoms with Crippen molar-refractivity contribution >= 4 is 45.3 Å². The highest BCUT2D eigenvalue weighted by Gasteiger charge is 2.56. The van der Waals surface area contributed by atoms with Crippen LogP contribution < -0.4 is 4.74 Å². The van der Waals surface area contributed by atoms with Crippen LogP contribution >= 0.6 is 15.9 Å². The quantitative estimate of drug-likeness (QED) is 0.283. The number of carbonyl (C=O) groups is 5. The van der Waals surface area contributed by atoms with Gasteiger partial charge in [-0.1, -0.05) is 23.8 Å². The van der Waals surface area contributed by atoms with Crippen LogP contribution in [0.2, 0.25) is 0 Å². The Morgan fingerprint density at radius 2 is 1.92 bits per heavy atom. The maximum absolute atomic E-state index is 13.6. The van der Waals surface area contributed by atoms with Crippen molar-refractivity contribution in [3.8, 4) is 11.5 Å². The number of ketones is 2. The van der Waals surface area contributed by atoms with E-state index < -0.39 is 29.6 Å². The second kappa shape index (κ2) is 9.98. The number of hydrogen-bond donors (Lipinski definition) is 2. The first-order valence-corrected chi connectivity index (χ1v) is 13.4. The fourth-order valence-corrected chi connectivity index (χ4v) is 6.73. The van der Waals surface area contributed by atoms with Gasteiger partial charge in [0.05, 0.1) is 22.9 Å². The van der Waals surface area contributed by atoms with Gasteiger partial charge < -0.3 is 14.9 Å². The molecule has 1 saturated heterocycles. The summed E-state index contributed by atoms with van der Waals surface area (Å²) in [6.45, 7) is 2.11. The van der Waals surface area contributed by atoms with Crippen molar-refractivity contribution in [2.24, 2.45) is 17.8 Å². The number of aliphatic carboxylic acids is 1. The number of carbonyl (C=O) groups excluding carboxylic acids is 4. The number of imide groups is 1. The molecule has 38 heavy (non-hydrogen) atoms. The molecule has 4 aliphatic rings. The Balaban J connectivity index is 1.60. The van der Waals surface area contributed by atoms with Crippen molar-refractivity contribution < 1.29 is 38.9 Å². The van der Waals surface area contributed by atoms with Gasteiger partial charge >= 0.3 is 5.97 Å². The minimum Gasteiger partial charge on any atom is -0.504 e. The Morgan fingerprint density at radius 3 is 2.63 bits per heavy atom. The molecule has 0 aromatic heterocycles. The lowest BCUT2D eigenvalue weighted by Gasteiger charge is -2.42. The number of benzene rings is 1. The van der Waals surface area contributed by atoms with E-state index >= 15 is 0 Å². The number of nitrogens with zero attached hydrogens (tertiary/aromatic N) is 1. The van der Waals surface area contributed by atoms with Crippen LogP contribution in [0.4, 0.5) is 0 Å². The lowest BCUT2D eigenvalue weighted by Crippen LogP contribution is -2.39. The molecule has 0 radical (unpaired) electrons. The number of carboxylic acids is 1. The molecule has 9 nitrogen and oxygen atoms in total. The number of rotatable bonds is 7. The van der Waals surface area contributed by atoms with Gasteiger partial charge in [-0.2, -0.15) is 0 Å². The monoisotopic (exact) mass is 583 g/mol. The van der Waals surface area contributed by atoms with E-state index in [1.165, 1.54) is 6.08 Å². The van der Waals surface area contributed by atoms with Crippen LogP contribution in [-0.2, 0) is 24.0 Å². The van der Waals surface area contributed by atoms with E-state index in [-0.39, 0.29) is 82.7 Å². The van der Waals surface area contributed by atoms with E-state index in [2.05, 4.69) is 15.9 Å². The van der Waals surface area contributed by atoms with Crippen LogP contribution in [0.15, 0.2) is 51.6 Å². The number of amides is 2. The molecule has 1 aromatic rings. The van der Waals surface area contributed by atoms with Crippen molar-refractivity contribution in [1.29, 1.82) is 0 Å². The van der Waals surface area contributed by atoms with Crippen LogP contribution in [0.1, 0.15) is 44.1 Å². The largest absolute Gasteiger partial charge is 0.504 e. The Morgan fingerprint density at radius 1 is 1.16 bits per heavy atom. The standard InChI is InChI=1S/C28H26BrNO8/c1-2-38-20-6-3-5-14(26(20)35)22-13-8-9-15-23(28(37)30(27(15)36)10-4-7-21(32)33)16(13)11-17-24(22)19(31)12-18(29)25(17)34/h3,5-6,8,12,15-16,22-23,35H,2,4,7,9-11H2,1H3,(H,32,33). The summed E-state index contributed by atoms with van der Waals surface area (Å²) in [4.78, 5) is 65.4. The van der Waals surface area contributed by atoms with Gasteiger partial charge in [0.15, 0.2) is 23.1 Å². The summed E-state index contributed by atoms with van der Waals surface area (Å²) in [6, 6.07) is 4.99. The number of para-hydroxylation sites is 1. The molecule has 198 valence electrons. The molecular formula is C28H26BrNO8. The van der Waals surface area contributed by atoms with Crippen molar-refractivity contribution in [3.63, 3.8) is 0 Å². The molecule has 1 aromatic carbocycles. The van der Waals surface area contributed by atoms with Gasteiger partial charge in [0.2, 0.25) is 11.8 Å². The number of hydrogen-bond acceptors (Lipinski definition) is 7. The molecule has 0 bridgehead atoms. The van der Waals surface area contributed by atoms with Crippen LogP contribution in [0.5, 0.6) is 11.5 Å². The Hall–Kier alpha value is -3.53. The molecule has 3 aliphatic carbocycles. The average Bonchev–Trinajstić information content (AvgIpc) is 3.12. The fraction of sp³-hybridized carbons (Fsp3) is 0.393. The summed E-state index contributed by atoms with van der Waals surface area (Å²) >= 11 is 3.19. The van der Waals surface area contributed by atoms with E-state index in [1.54, 1.807) is 25.1 Å². The summed E-state index contributed by atoms with van der Waals surface area (Å²) < 4.78 is 5.69. The lowest BCUT2D eigenvalue weighted by atomic mass is 9.59. The molecule has 5 rings (SSSR count). The number of aromatic hydroxyl groups is 1. The molecule has 1 fully saturated rings. The fourth-order valence-electron chi connectivity index (χ4n) is 6.28. The van der Waals surface area contributed by atoms with Crippen LogP contribution in [0.25, 0.3) is 0 Å². The third-order valence-electron chi connectivity index (χ3n) is 7.84. The summed E-state index contributed by atoms with van der Waals surface area (Å²) in [5.41, 5.74) is 1.64. The molecule has 2 N–H and O–H groups in total. The van der Waals surface area contributed by atoms with Crippen LogP contribution in [0.3, 0.4) is 0 Å². The van der Waals surface area contributed by atoms with Gasteiger partial charge in [-0.3, -0.25) is 28.9 Å². The number of Topliss-reactive ketones (excluding diaryl/α,β-unsaturated/α-hetero) is 1. The number of phenols is 1. The summed E-state index contributed by atoms with van der Waals surface area (Å²) in [6.07, 6.45) is 3.47. The van der Waals surface area contributed by atoms with E-state index in [9.17, 15) is 29.1 Å². The van der Waals surface area contributed by atoms with Gasteiger partial charge in [-0.05, 0) is 54.1 Å². The molecule has 1 heterocycles. The molecular weight excluding hydrogens is 558 g/mol. The van der Waals surface area contributed by atoms with Gasteiger partial charge in [0.1, 0.15) is 0 Å². The lowest BCUT2D eigenvalue weighted by molar-refractivity contribution is -0.142. The molecule has 2 amide bonds. The molecule has 0 saturated carbocycles. The summed E-state index contributed by atoms with van der Waals surface area (Å²) in [5, 5.41) is 20.1. The maximum Gasteiger partial charge on any atom is 0.303 e. The predicted octanol–water partition coefficient (Wildman–Crippen LogP) is 3.42. The summed E-state index contributed by atoms with van der Waals surface area (Å²) in [5.74, 6) is -5.05. The molecule has 10 heteroatoms. The van der Waals surface area contributed by atoms with Crippen molar-refractivity contribution in [3.05, 3.63) is 57.1 Å². The summed E-state index contributed by atoms with van der Waals surface area (Å²) in [7, 11) is 0. The van der Waals surface area contributed by atoms with E-state index in [1.807, 2.05) is 6.08 Å². The number of halogens is 1. The molecule has 0 spiro atoms. The zero-order valence-corrected chi connectivity index (χ0v) is 22.2. The third kappa shape index (κ3) is 4.11. The normalized spacial score (nSPS) is 26.5. The van der Waals surface area contributed by atoms with Crippen molar-refractivity contribution in [1.82, 2.24) is 4.90 Å². The van der Waals surface area contributed by atoms with Gasteiger partial charge in [0.25, 0.3) is 0 Å². The predicted molar refractivity (Wildman–Crippen MR) is 137 cm³/mol. The highest BCUT2D eigenvalue weighted by atomic mass is 79.9. The van der Waals surface area contributed by atoms with Gasteiger partial charge in [0, 0.05) is 41.7 Å². The maximum atomic E-state index is 13.6.